The number of nitrogens with one attached hydrogen (secondary N) is 2. The number of benzene rings is 1. The highest BCUT2D eigenvalue weighted by Crippen LogP contribution is 2.20. The Morgan fingerprint density at radius 1 is 1.16 bits per heavy atom. The summed E-state index contributed by atoms with van der Waals surface area (Å²) in [5.41, 5.74) is 0.555. The molecule has 1 aromatic carbocycles. The third-order valence-corrected chi connectivity index (χ3v) is 6.88. The normalized spacial score (nSPS) is 20.1. The first-order valence-corrected chi connectivity index (χ1v) is 10.7. The molecule has 138 valence electrons. The third-order valence-electron chi connectivity index (χ3n) is 5.35. The maximum absolute atomic E-state index is 12.6. The van der Waals surface area contributed by atoms with Gasteiger partial charge < -0.3 is 9.80 Å². The van der Waals surface area contributed by atoms with Crippen LogP contribution in [0.1, 0.15) is 43.0 Å². The number of nitrogens with zero attached hydrogens (tertiary/aromatic N) is 1. The Hall–Kier alpha value is -1.44. The van der Waals surface area contributed by atoms with Crippen LogP contribution in [0.15, 0.2) is 29.2 Å². The zero-order chi connectivity index (χ0) is 17.9. The zero-order valence-corrected chi connectivity index (χ0v) is 15.6. The molecule has 1 aliphatic heterocycles. The Kier molecular flexibility index (Phi) is 5.76. The predicted molar refractivity (Wildman–Crippen MR) is 96.2 cm³/mol. The fraction of sp³-hybridized carbons (Fsp3) is 0.611. The minimum absolute atomic E-state index is 0.0112. The van der Waals surface area contributed by atoms with Crippen molar-refractivity contribution in [3.8, 4) is 0 Å². The van der Waals surface area contributed by atoms with Gasteiger partial charge in [0.2, 0.25) is 10.0 Å². The molecule has 2 fully saturated rings. The molecule has 1 amide bonds. The second-order valence-corrected chi connectivity index (χ2v) is 8.74. The number of likely N-dealkylation sites (N-methyl/N-ethyl adjacent to an activating group) is 1. The van der Waals surface area contributed by atoms with E-state index in [0.29, 0.717) is 5.56 Å². The maximum atomic E-state index is 12.6. The molecular formula is C18H28N3O3S+. The molecule has 0 bridgehead atoms. The van der Waals surface area contributed by atoms with E-state index in [4.69, 9.17) is 0 Å². The van der Waals surface area contributed by atoms with Crippen LogP contribution in [-0.4, -0.2) is 58.0 Å². The molecule has 0 radical (unpaired) electrons. The van der Waals surface area contributed by atoms with E-state index in [2.05, 4.69) is 11.6 Å². The quantitative estimate of drug-likeness (QED) is 0.786. The van der Waals surface area contributed by atoms with Crippen LogP contribution in [0.25, 0.3) is 0 Å². The standard InChI is InChI=1S/C18H27N3O3S/c1-2-20-11-13-21(14-12-20)18(22)15-7-9-17(10-8-15)25(23,24)19-16-5-3-4-6-16/h7-10,16,19H,2-6,11-14H2,1H3/p+1. The van der Waals surface area contributed by atoms with E-state index in [9.17, 15) is 13.2 Å². The van der Waals surface area contributed by atoms with Crippen LogP contribution in [-0.2, 0) is 10.0 Å². The average molecular weight is 367 g/mol. The van der Waals surface area contributed by atoms with Gasteiger partial charge in [0, 0.05) is 11.6 Å². The smallest absolute Gasteiger partial charge is 0.254 e. The molecule has 2 N–H and O–H groups in total. The van der Waals surface area contributed by atoms with Gasteiger partial charge >= 0.3 is 0 Å². The molecule has 25 heavy (non-hydrogen) atoms. The summed E-state index contributed by atoms with van der Waals surface area (Å²) in [7, 11) is -3.50. The fourth-order valence-corrected chi connectivity index (χ4v) is 4.97. The number of rotatable bonds is 5. The van der Waals surface area contributed by atoms with Crippen molar-refractivity contribution in [2.45, 2.75) is 43.5 Å². The molecular weight excluding hydrogens is 338 g/mol. The van der Waals surface area contributed by atoms with Crippen molar-refractivity contribution in [1.82, 2.24) is 9.62 Å². The SMILES string of the molecule is CC[NH+]1CCN(C(=O)c2ccc(S(=O)(=O)NC3CCCC3)cc2)CC1. The molecule has 2 aliphatic rings. The summed E-state index contributed by atoms with van der Waals surface area (Å²) in [6.45, 7) is 6.70. The van der Waals surface area contributed by atoms with Crippen molar-refractivity contribution < 1.29 is 18.1 Å². The van der Waals surface area contributed by atoms with Crippen molar-refractivity contribution in [3.63, 3.8) is 0 Å². The number of amides is 1. The summed E-state index contributed by atoms with van der Waals surface area (Å²) in [6.07, 6.45) is 3.96. The van der Waals surface area contributed by atoms with Gasteiger partial charge in [-0.25, -0.2) is 13.1 Å². The second kappa shape index (κ2) is 7.85. The Balaban J connectivity index is 1.64. The van der Waals surface area contributed by atoms with E-state index in [1.807, 2.05) is 4.90 Å². The summed E-state index contributed by atoms with van der Waals surface area (Å²) in [5, 5.41) is 0. The van der Waals surface area contributed by atoms with E-state index < -0.39 is 10.0 Å². The number of carbonyl (C=O) groups is 1. The van der Waals surface area contributed by atoms with E-state index in [1.165, 1.54) is 17.0 Å². The van der Waals surface area contributed by atoms with E-state index in [-0.39, 0.29) is 16.8 Å². The highest BCUT2D eigenvalue weighted by atomic mass is 32.2. The second-order valence-electron chi connectivity index (χ2n) is 7.02. The van der Waals surface area contributed by atoms with Gasteiger partial charge in [0.15, 0.2) is 0 Å². The lowest BCUT2D eigenvalue weighted by atomic mass is 10.2. The summed E-state index contributed by atoms with van der Waals surface area (Å²) < 4.78 is 27.6. The van der Waals surface area contributed by atoms with Gasteiger partial charge in [-0.05, 0) is 44.0 Å². The van der Waals surface area contributed by atoms with Crippen molar-refractivity contribution in [2.75, 3.05) is 32.7 Å². The van der Waals surface area contributed by atoms with Crippen molar-refractivity contribution in [3.05, 3.63) is 29.8 Å². The van der Waals surface area contributed by atoms with Crippen LogP contribution in [0.4, 0.5) is 0 Å². The molecule has 1 aromatic rings. The molecule has 6 nitrogen and oxygen atoms in total. The average Bonchev–Trinajstić information content (AvgIpc) is 3.13. The lowest BCUT2D eigenvalue weighted by Gasteiger charge is -2.31. The monoisotopic (exact) mass is 366 g/mol. The molecule has 1 heterocycles. The van der Waals surface area contributed by atoms with Gasteiger partial charge in [-0.1, -0.05) is 12.8 Å². The Bertz CT molecular complexity index is 689. The van der Waals surface area contributed by atoms with Gasteiger partial charge in [0.05, 0.1) is 37.6 Å². The first-order chi connectivity index (χ1) is 12.0. The molecule has 1 saturated heterocycles. The highest BCUT2D eigenvalue weighted by Gasteiger charge is 2.25. The fourth-order valence-electron chi connectivity index (χ4n) is 3.67. The number of carbonyl (C=O) groups excluding carboxylic acids is 1. The lowest BCUT2D eigenvalue weighted by Crippen LogP contribution is -3.14. The number of hydrogen-bond acceptors (Lipinski definition) is 3. The summed E-state index contributed by atoms with van der Waals surface area (Å²) in [4.78, 5) is 16.2. The van der Waals surface area contributed by atoms with Gasteiger partial charge in [-0.15, -0.1) is 0 Å². The van der Waals surface area contributed by atoms with E-state index >= 15 is 0 Å². The van der Waals surface area contributed by atoms with Crippen LogP contribution in [0.3, 0.4) is 0 Å². The van der Waals surface area contributed by atoms with Crippen LogP contribution < -0.4 is 9.62 Å². The van der Waals surface area contributed by atoms with E-state index in [1.54, 1.807) is 12.1 Å². The molecule has 1 aliphatic carbocycles. The van der Waals surface area contributed by atoms with E-state index in [0.717, 1.165) is 58.4 Å². The number of piperazine rings is 1. The predicted octanol–water partition coefficient (Wildman–Crippen LogP) is 0.268. The molecule has 3 rings (SSSR count). The summed E-state index contributed by atoms with van der Waals surface area (Å²) in [6, 6.07) is 6.38. The molecule has 0 spiro atoms. The van der Waals surface area contributed by atoms with Gasteiger partial charge in [0.25, 0.3) is 5.91 Å². The van der Waals surface area contributed by atoms with Crippen molar-refractivity contribution >= 4 is 15.9 Å². The molecule has 0 unspecified atom stereocenters. The van der Waals surface area contributed by atoms with Crippen LogP contribution in [0, 0.1) is 0 Å². The van der Waals surface area contributed by atoms with Crippen molar-refractivity contribution in [2.24, 2.45) is 0 Å². The number of quaternary nitrogens is 1. The largest absolute Gasteiger partial charge is 0.332 e. The first kappa shape index (κ1) is 18.4. The lowest BCUT2D eigenvalue weighted by molar-refractivity contribution is -0.902. The van der Waals surface area contributed by atoms with Gasteiger partial charge in [0.1, 0.15) is 0 Å². The van der Waals surface area contributed by atoms with Crippen molar-refractivity contribution in [1.29, 1.82) is 0 Å². The Morgan fingerprint density at radius 3 is 2.32 bits per heavy atom. The minimum Gasteiger partial charge on any atom is -0.332 e. The van der Waals surface area contributed by atoms with Gasteiger partial charge in [-0.3, -0.25) is 4.79 Å². The Morgan fingerprint density at radius 2 is 1.76 bits per heavy atom. The minimum atomic E-state index is -3.50. The Labute approximate surface area is 150 Å². The number of hydrogen-bond donors (Lipinski definition) is 2. The van der Waals surface area contributed by atoms with Crippen LogP contribution in [0.2, 0.25) is 0 Å². The molecule has 1 saturated carbocycles. The topological polar surface area (TPSA) is 70.9 Å². The number of sulfonamides is 1. The van der Waals surface area contributed by atoms with Crippen LogP contribution in [0.5, 0.6) is 0 Å². The third kappa shape index (κ3) is 4.40. The molecule has 0 atom stereocenters. The highest BCUT2D eigenvalue weighted by molar-refractivity contribution is 7.89. The summed E-state index contributed by atoms with van der Waals surface area (Å²) in [5.74, 6) is -0.0112. The zero-order valence-electron chi connectivity index (χ0n) is 14.8. The first-order valence-electron chi connectivity index (χ1n) is 9.25. The van der Waals surface area contributed by atoms with Crippen LogP contribution >= 0.6 is 0 Å². The summed E-state index contributed by atoms with van der Waals surface area (Å²) >= 11 is 0. The molecule has 0 aromatic heterocycles. The van der Waals surface area contributed by atoms with Gasteiger partial charge in [-0.2, -0.15) is 0 Å². The molecule has 7 heteroatoms. The maximum Gasteiger partial charge on any atom is 0.254 e.